The Kier molecular flexibility index (Phi) is 5.29. The maximum absolute atomic E-state index is 12.3. The van der Waals surface area contributed by atoms with Gasteiger partial charge in [-0.3, -0.25) is 9.69 Å². The Hall–Kier alpha value is -2.16. The monoisotopic (exact) mass is 400 g/mol. The molecular weight excluding hydrogens is 380 g/mol. The number of benzene rings is 1. The molecule has 0 amide bonds. The van der Waals surface area contributed by atoms with Crippen LogP contribution in [-0.4, -0.2) is 39.8 Å². The van der Waals surface area contributed by atoms with Gasteiger partial charge in [0.1, 0.15) is 10.8 Å². The Balaban J connectivity index is 1.47. The van der Waals surface area contributed by atoms with E-state index in [2.05, 4.69) is 19.9 Å². The highest BCUT2D eigenvalue weighted by Crippen LogP contribution is 2.28. The number of aromatic nitrogens is 3. The molecule has 0 atom stereocenters. The van der Waals surface area contributed by atoms with Gasteiger partial charge in [0.05, 0.1) is 18.4 Å². The van der Waals surface area contributed by atoms with E-state index in [9.17, 15) is 4.79 Å². The van der Waals surface area contributed by atoms with Crippen LogP contribution in [0.25, 0.3) is 10.6 Å². The number of nitrogens with one attached hydrogen (secondary N) is 1. The van der Waals surface area contributed by atoms with Crippen molar-refractivity contribution in [3.8, 4) is 16.3 Å². The fourth-order valence-electron chi connectivity index (χ4n) is 3.16. The normalized spacial score (nSPS) is 14.1. The number of thiazole rings is 1. The summed E-state index contributed by atoms with van der Waals surface area (Å²) in [4.78, 5) is 27.8. The van der Waals surface area contributed by atoms with E-state index in [4.69, 9.17) is 4.74 Å². The van der Waals surface area contributed by atoms with E-state index >= 15 is 0 Å². The fourth-order valence-corrected chi connectivity index (χ4v) is 4.51. The molecule has 1 aliphatic heterocycles. The standard InChI is InChI=1S/C19H20N4O2S2/c1-25-13-5-3-12(4-6-13)18-20-9-14(27-18)10-23-8-7-16-15(11-23)17(24)22-19(21-16)26-2/h3-6,9H,7-8,10-11H2,1-2H3,(H,21,22,24). The minimum absolute atomic E-state index is 0.0164. The maximum atomic E-state index is 12.3. The van der Waals surface area contributed by atoms with Gasteiger partial charge in [0, 0.05) is 42.7 Å². The minimum atomic E-state index is -0.0164. The Morgan fingerprint density at radius 2 is 2.15 bits per heavy atom. The van der Waals surface area contributed by atoms with Gasteiger partial charge in [-0.05, 0) is 30.5 Å². The van der Waals surface area contributed by atoms with E-state index < -0.39 is 0 Å². The van der Waals surface area contributed by atoms with Crippen LogP contribution in [-0.2, 0) is 19.5 Å². The molecular formula is C19H20N4O2S2. The summed E-state index contributed by atoms with van der Waals surface area (Å²) >= 11 is 3.15. The molecule has 3 heterocycles. The van der Waals surface area contributed by atoms with Gasteiger partial charge in [0.2, 0.25) is 0 Å². The van der Waals surface area contributed by atoms with Crippen molar-refractivity contribution in [3.63, 3.8) is 0 Å². The molecule has 6 nitrogen and oxygen atoms in total. The summed E-state index contributed by atoms with van der Waals surface area (Å²) in [6.45, 7) is 2.31. The number of fused-ring (bicyclic) bond motifs is 1. The summed E-state index contributed by atoms with van der Waals surface area (Å²) in [5.74, 6) is 0.839. The predicted molar refractivity (Wildman–Crippen MR) is 109 cm³/mol. The van der Waals surface area contributed by atoms with E-state index in [0.717, 1.165) is 47.1 Å². The molecule has 0 fully saturated rings. The first-order chi connectivity index (χ1) is 13.2. The SMILES string of the molecule is COc1ccc(-c2ncc(CN3CCc4nc(SC)[nH]c(=O)c4C3)s2)cc1. The smallest absolute Gasteiger partial charge is 0.256 e. The van der Waals surface area contributed by atoms with Crippen molar-refractivity contribution in [1.29, 1.82) is 0 Å². The van der Waals surface area contributed by atoms with Crippen molar-refractivity contribution in [2.24, 2.45) is 0 Å². The summed E-state index contributed by atoms with van der Waals surface area (Å²) in [6, 6.07) is 7.93. The summed E-state index contributed by atoms with van der Waals surface area (Å²) in [7, 11) is 1.66. The van der Waals surface area contributed by atoms with Crippen molar-refractivity contribution >= 4 is 23.1 Å². The largest absolute Gasteiger partial charge is 0.497 e. The van der Waals surface area contributed by atoms with E-state index in [0.29, 0.717) is 11.7 Å². The summed E-state index contributed by atoms with van der Waals surface area (Å²) < 4.78 is 5.21. The van der Waals surface area contributed by atoms with Crippen molar-refractivity contribution in [2.75, 3.05) is 19.9 Å². The Morgan fingerprint density at radius 1 is 1.33 bits per heavy atom. The lowest BCUT2D eigenvalue weighted by atomic mass is 10.1. The quantitative estimate of drug-likeness (QED) is 0.524. The van der Waals surface area contributed by atoms with Gasteiger partial charge >= 0.3 is 0 Å². The first-order valence-corrected chi connectivity index (χ1v) is 10.7. The van der Waals surface area contributed by atoms with Crippen LogP contribution in [0.2, 0.25) is 0 Å². The number of H-pyrrole nitrogens is 1. The summed E-state index contributed by atoms with van der Waals surface area (Å²) in [6.07, 6.45) is 4.65. The highest BCUT2D eigenvalue weighted by Gasteiger charge is 2.21. The van der Waals surface area contributed by atoms with Gasteiger partial charge in [-0.2, -0.15) is 0 Å². The first kappa shape index (κ1) is 18.2. The third-order valence-corrected chi connectivity index (χ3v) is 6.20. The van der Waals surface area contributed by atoms with Crippen molar-refractivity contribution in [1.82, 2.24) is 19.9 Å². The molecule has 1 N–H and O–H groups in total. The molecule has 1 aliphatic rings. The Morgan fingerprint density at radius 3 is 2.89 bits per heavy atom. The van der Waals surface area contributed by atoms with Crippen molar-refractivity contribution in [2.45, 2.75) is 24.7 Å². The molecule has 1 aromatic carbocycles. The average Bonchev–Trinajstić information content (AvgIpc) is 3.16. The lowest BCUT2D eigenvalue weighted by molar-refractivity contribution is 0.243. The fraction of sp³-hybridized carbons (Fsp3) is 0.316. The van der Waals surface area contributed by atoms with Crippen LogP contribution < -0.4 is 10.3 Å². The van der Waals surface area contributed by atoms with E-state index in [-0.39, 0.29) is 5.56 Å². The average molecular weight is 401 g/mol. The highest BCUT2D eigenvalue weighted by molar-refractivity contribution is 7.98. The number of hydrogen-bond acceptors (Lipinski definition) is 7. The van der Waals surface area contributed by atoms with E-state index in [1.165, 1.54) is 16.6 Å². The number of methoxy groups -OCH3 is 1. The van der Waals surface area contributed by atoms with Gasteiger partial charge < -0.3 is 9.72 Å². The number of aromatic amines is 1. The molecule has 0 saturated heterocycles. The summed E-state index contributed by atoms with van der Waals surface area (Å²) in [5, 5.41) is 1.69. The number of ether oxygens (including phenoxy) is 1. The number of rotatable bonds is 5. The molecule has 140 valence electrons. The second-order valence-electron chi connectivity index (χ2n) is 6.32. The van der Waals surface area contributed by atoms with Gasteiger partial charge in [-0.1, -0.05) is 11.8 Å². The number of thioether (sulfide) groups is 1. The van der Waals surface area contributed by atoms with Crippen LogP contribution in [0.1, 0.15) is 16.1 Å². The topological polar surface area (TPSA) is 71.1 Å². The molecule has 0 radical (unpaired) electrons. The van der Waals surface area contributed by atoms with Gasteiger partial charge in [0.15, 0.2) is 5.16 Å². The molecule has 0 unspecified atom stereocenters. The highest BCUT2D eigenvalue weighted by atomic mass is 32.2. The summed E-state index contributed by atoms with van der Waals surface area (Å²) in [5.41, 5.74) is 2.79. The zero-order chi connectivity index (χ0) is 18.8. The van der Waals surface area contributed by atoms with Crippen LogP contribution >= 0.6 is 23.1 Å². The third kappa shape index (κ3) is 3.92. The molecule has 27 heavy (non-hydrogen) atoms. The first-order valence-electron chi connectivity index (χ1n) is 8.64. The molecule has 0 saturated carbocycles. The van der Waals surface area contributed by atoms with Crippen LogP contribution in [0.15, 0.2) is 40.4 Å². The molecule has 2 aromatic heterocycles. The van der Waals surface area contributed by atoms with Crippen LogP contribution in [0.3, 0.4) is 0 Å². The van der Waals surface area contributed by atoms with Crippen molar-refractivity contribution in [3.05, 3.63) is 57.0 Å². The molecule has 0 spiro atoms. The van der Waals surface area contributed by atoms with Crippen LogP contribution in [0, 0.1) is 0 Å². The second kappa shape index (κ2) is 7.84. The zero-order valence-corrected chi connectivity index (χ0v) is 16.8. The molecule has 4 rings (SSSR count). The number of hydrogen-bond donors (Lipinski definition) is 1. The lowest BCUT2D eigenvalue weighted by Crippen LogP contribution is -2.35. The lowest BCUT2D eigenvalue weighted by Gasteiger charge is -2.26. The van der Waals surface area contributed by atoms with Gasteiger partial charge in [0.25, 0.3) is 5.56 Å². The molecule has 3 aromatic rings. The third-order valence-electron chi connectivity index (χ3n) is 4.59. The second-order valence-corrected chi connectivity index (χ2v) is 8.23. The molecule has 0 aliphatic carbocycles. The maximum Gasteiger partial charge on any atom is 0.256 e. The van der Waals surface area contributed by atoms with E-state index in [1.54, 1.807) is 18.4 Å². The molecule has 0 bridgehead atoms. The van der Waals surface area contributed by atoms with Gasteiger partial charge in [-0.25, -0.2) is 9.97 Å². The minimum Gasteiger partial charge on any atom is -0.497 e. The van der Waals surface area contributed by atoms with Crippen LogP contribution in [0.5, 0.6) is 5.75 Å². The zero-order valence-electron chi connectivity index (χ0n) is 15.2. The Bertz CT molecular complexity index is 998. The van der Waals surface area contributed by atoms with Crippen molar-refractivity contribution < 1.29 is 4.74 Å². The predicted octanol–water partition coefficient (Wildman–Crippen LogP) is 3.18. The van der Waals surface area contributed by atoms with E-state index in [1.807, 2.05) is 36.7 Å². The molecule has 8 heteroatoms. The van der Waals surface area contributed by atoms with Gasteiger partial charge in [-0.15, -0.1) is 11.3 Å². The Labute approximate surface area is 165 Å². The number of nitrogens with zero attached hydrogens (tertiary/aromatic N) is 3. The van der Waals surface area contributed by atoms with Crippen LogP contribution in [0.4, 0.5) is 0 Å².